The maximum absolute atomic E-state index is 3.47. The lowest BCUT2D eigenvalue weighted by atomic mass is 10.3. The predicted octanol–water partition coefficient (Wildman–Crippen LogP) is 3.52. The molecule has 1 saturated heterocycles. The number of hydrogen-bond acceptors (Lipinski definition) is 2. The van der Waals surface area contributed by atoms with E-state index in [1.807, 2.05) is 0 Å². The first-order chi connectivity index (χ1) is 7.85. The summed E-state index contributed by atoms with van der Waals surface area (Å²) in [5.74, 6) is 0. The van der Waals surface area contributed by atoms with E-state index in [-0.39, 0.29) is 1.43 Å². The molecule has 0 saturated carbocycles. The van der Waals surface area contributed by atoms with Crippen LogP contribution < -0.4 is 5.32 Å². The van der Waals surface area contributed by atoms with Crippen LogP contribution in [0, 0.1) is 0 Å². The monoisotopic (exact) mass is 230 g/mol. The van der Waals surface area contributed by atoms with Crippen molar-refractivity contribution in [3.05, 3.63) is 0 Å². The van der Waals surface area contributed by atoms with E-state index in [0.29, 0.717) is 0 Å². The summed E-state index contributed by atoms with van der Waals surface area (Å²) >= 11 is 0. The third-order valence-corrected chi connectivity index (χ3v) is 3.01. The van der Waals surface area contributed by atoms with Gasteiger partial charge < -0.3 is 10.2 Å². The van der Waals surface area contributed by atoms with E-state index in [1.54, 1.807) is 0 Å². The topological polar surface area (TPSA) is 15.3 Å². The van der Waals surface area contributed by atoms with Crippen LogP contribution in [0.1, 0.15) is 60.7 Å². The third-order valence-electron chi connectivity index (χ3n) is 3.01. The van der Waals surface area contributed by atoms with Gasteiger partial charge in [-0.05, 0) is 38.9 Å². The molecule has 1 heterocycles. The average molecular weight is 230 g/mol. The molecule has 0 aromatic heterocycles. The van der Waals surface area contributed by atoms with E-state index in [0.717, 1.165) is 0 Å². The largest absolute Gasteiger partial charge is 0.315 e. The highest BCUT2D eigenvalue weighted by molar-refractivity contribution is 4.66. The molecule has 16 heavy (non-hydrogen) atoms. The molecule has 1 aliphatic rings. The lowest BCUT2D eigenvalue weighted by Gasteiger charge is -2.14. The van der Waals surface area contributed by atoms with Gasteiger partial charge in [-0.25, -0.2) is 0 Å². The van der Waals surface area contributed by atoms with E-state index >= 15 is 0 Å². The minimum atomic E-state index is 0. The van der Waals surface area contributed by atoms with Crippen LogP contribution in [-0.2, 0) is 0 Å². The zero-order valence-corrected chi connectivity index (χ0v) is 11.7. The van der Waals surface area contributed by atoms with Gasteiger partial charge >= 0.3 is 0 Å². The molecule has 1 N–H and O–H groups in total. The fraction of sp³-hybridized carbons (Fsp3) is 1.00. The van der Waals surface area contributed by atoms with Crippen LogP contribution in [0.2, 0.25) is 0 Å². The molecule has 2 nitrogen and oxygen atoms in total. The average Bonchev–Trinajstić information content (AvgIpc) is 2.82. The second-order valence-electron chi connectivity index (χ2n) is 4.65. The second-order valence-corrected chi connectivity index (χ2v) is 4.65. The van der Waals surface area contributed by atoms with Gasteiger partial charge in [-0.2, -0.15) is 0 Å². The molecule has 0 aliphatic carbocycles. The zero-order valence-electron chi connectivity index (χ0n) is 11.7. The van der Waals surface area contributed by atoms with Gasteiger partial charge in [0.1, 0.15) is 0 Å². The highest BCUT2D eigenvalue weighted by Gasteiger charge is 2.09. The van der Waals surface area contributed by atoms with Crippen molar-refractivity contribution in [1.82, 2.24) is 10.2 Å². The molecule has 0 unspecified atom stereocenters. The van der Waals surface area contributed by atoms with Gasteiger partial charge in [0, 0.05) is 14.5 Å². The van der Waals surface area contributed by atoms with Crippen LogP contribution >= 0.6 is 0 Å². The fourth-order valence-corrected chi connectivity index (χ4v) is 1.67. The van der Waals surface area contributed by atoms with E-state index in [1.165, 1.54) is 71.2 Å². The van der Waals surface area contributed by atoms with Crippen LogP contribution in [0.25, 0.3) is 0 Å². The van der Waals surface area contributed by atoms with Crippen LogP contribution in [0.5, 0.6) is 0 Å². The van der Waals surface area contributed by atoms with Gasteiger partial charge in [-0.1, -0.05) is 40.0 Å². The summed E-state index contributed by atoms with van der Waals surface area (Å²) in [6, 6.07) is 0. The van der Waals surface area contributed by atoms with Gasteiger partial charge in [-0.3, -0.25) is 0 Å². The molecule has 0 bridgehead atoms. The summed E-state index contributed by atoms with van der Waals surface area (Å²) in [6.07, 6.45) is 8.08. The predicted molar refractivity (Wildman–Crippen MR) is 76.1 cm³/mol. The van der Waals surface area contributed by atoms with Crippen LogP contribution in [0.3, 0.4) is 0 Å². The van der Waals surface area contributed by atoms with E-state index in [9.17, 15) is 0 Å². The molecule has 1 fully saturated rings. The van der Waals surface area contributed by atoms with E-state index in [4.69, 9.17) is 0 Å². The number of rotatable bonds is 7. The van der Waals surface area contributed by atoms with Crippen molar-refractivity contribution in [1.29, 1.82) is 0 Å². The number of nitrogens with one attached hydrogen (secondary N) is 1. The molecule has 100 valence electrons. The summed E-state index contributed by atoms with van der Waals surface area (Å²) < 4.78 is 0. The SMILES string of the molecule is CCCC.CCCCNCCN1CCCC1.[HH]. The Labute approximate surface area is 104 Å². The third kappa shape index (κ3) is 10.4. The first kappa shape index (κ1) is 15.9. The first-order valence-corrected chi connectivity index (χ1v) is 7.28. The van der Waals surface area contributed by atoms with Crippen LogP contribution in [0.4, 0.5) is 0 Å². The van der Waals surface area contributed by atoms with Crippen molar-refractivity contribution in [3.63, 3.8) is 0 Å². The first-order valence-electron chi connectivity index (χ1n) is 7.28. The highest BCUT2D eigenvalue weighted by atomic mass is 15.1. The lowest BCUT2D eigenvalue weighted by molar-refractivity contribution is 0.336. The Hall–Kier alpha value is -0.0800. The molecular formula is C14H34N2. The summed E-state index contributed by atoms with van der Waals surface area (Å²) in [5.41, 5.74) is 0. The molecule has 2 heteroatoms. The molecule has 1 rings (SSSR count). The van der Waals surface area contributed by atoms with Crippen molar-refractivity contribution in [2.45, 2.75) is 59.3 Å². The van der Waals surface area contributed by atoms with E-state index in [2.05, 4.69) is 31.0 Å². The van der Waals surface area contributed by atoms with Gasteiger partial charge in [-0.15, -0.1) is 0 Å². The molecule has 0 radical (unpaired) electrons. The van der Waals surface area contributed by atoms with Crippen LogP contribution in [-0.4, -0.2) is 37.6 Å². The molecule has 0 amide bonds. The van der Waals surface area contributed by atoms with Crippen molar-refractivity contribution in [2.24, 2.45) is 0 Å². The molecule has 1 aliphatic heterocycles. The summed E-state index contributed by atoms with van der Waals surface area (Å²) in [7, 11) is 0. The maximum atomic E-state index is 3.47. The van der Waals surface area contributed by atoms with Gasteiger partial charge in [0.05, 0.1) is 0 Å². The molecule has 0 aromatic rings. The van der Waals surface area contributed by atoms with Crippen LogP contribution in [0.15, 0.2) is 0 Å². The van der Waals surface area contributed by atoms with Gasteiger partial charge in [0.15, 0.2) is 0 Å². The quantitative estimate of drug-likeness (QED) is 0.673. The lowest BCUT2D eigenvalue weighted by Crippen LogP contribution is -2.30. The second kappa shape index (κ2) is 13.0. The molecule has 0 atom stereocenters. The highest BCUT2D eigenvalue weighted by Crippen LogP contribution is 2.05. The van der Waals surface area contributed by atoms with Crippen molar-refractivity contribution in [3.8, 4) is 0 Å². The Bertz CT molecular complexity index is 123. The Morgan fingerprint density at radius 3 is 2.06 bits per heavy atom. The Balaban J connectivity index is 0. The smallest absolute Gasteiger partial charge is 0.0107 e. The van der Waals surface area contributed by atoms with Gasteiger partial charge in [0.25, 0.3) is 0 Å². The summed E-state index contributed by atoms with van der Waals surface area (Å²) in [5, 5.41) is 3.47. The minimum absolute atomic E-state index is 0. The molecule has 0 spiro atoms. The Kier molecular flexibility index (Phi) is 12.9. The minimum Gasteiger partial charge on any atom is -0.315 e. The summed E-state index contributed by atoms with van der Waals surface area (Å²) in [6.45, 7) is 12.9. The number of unbranched alkanes of at least 4 members (excludes halogenated alkanes) is 2. The van der Waals surface area contributed by atoms with E-state index < -0.39 is 0 Å². The zero-order chi connectivity index (χ0) is 12.1. The van der Waals surface area contributed by atoms with Gasteiger partial charge in [0.2, 0.25) is 0 Å². The Morgan fingerprint density at radius 1 is 0.938 bits per heavy atom. The standard InChI is InChI=1S/C10H22N2.C4H10.H2/c1-2-3-6-11-7-10-12-8-4-5-9-12;1-3-4-2;/h11H,2-10H2,1H3;3-4H2,1-2H3;1H. The maximum Gasteiger partial charge on any atom is 0.0107 e. The summed E-state index contributed by atoms with van der Waals surface area (Å²) in [4.78, 5) is 2.55. The Morgan fingerprint density at radius 2 is 1.56 bits per heavy atom. The van der Waals surface area contributed by atoms with Crippen molar-refractivity contribution in [2.75, 3.05) is 32.7 Å². The number of likely N-dealkylation sites (tertiary alicyclic amines) is 1. The normalized spacial score (nSPS) is 15.9. The number of hydrogen-bond donors (Lipinski definition) is 1. The van der Waals surface area contributed by atoms with Crippen molar-refractivity contribution >= 4 is 0 Å². The molecular weight excluding hydrogens is 196 g/mol. The number of nitrogens with zero attached hydrogens (tertiary/aromatic N) is 1. The molecule has 0 aromatic carbocycles. The van der Waals surface area contributed by atoms with Crippen molar-refractivity contribution < 1.29 is 1.43 Å². The fourth-order valence-electron chi connectivity index (χ4n) is 1.67.